The number of rotatable bonds is 5. The number of nitrogens with two attached hydrogens (primary N) is 2. The van der Waals surface area contributed by atoms with Gasteiger partial charge >= 0.3 is 13.3 Å². The Balaban J connectivity index is 2.25. The van der Waals surface area contributed by atoms with E-state index in [4.69, 9.17) is 16.5 Å². The standard InChI is InChI=1S/C10H14FN4O7P/c11-7-8(17)5(2-4-23(19,21-12)22-13)20-9(7)15-3-1-6(16)14-10(15)18/h1-5,7-9,17H,12-13H2,(H,14,16,18)/b4-2+/t5-,7-,8-,9-/m1/s1. The van der Waals surface area contributed by atoms with Crippen LogP contribution >= 0.6 is 7.60 Å². The fourth-order valence-electron chi connectivity index (χ4n) is 1.96. The van der Waals surface area contributed by atoms with Crippen molar-refractivity contribution in [1.82, 2.24) is 9.55 Å². The van der Waals surface area contributed by atoms with E-state index >= 15 is 0 Å². The molecule has 13 heteroatoms. The first-order valence-corrected chi connectivity index (χ1v) is 7.77. The number of aromatic nitrogens is 2. The molecule has 2 heterocycles. The van der Waals surface area contributed by atoms with Crippen LogP contribution in [0, 0.1) is 0 Å². The Bertz CT molecular complexity index is 741. The largest absolute Gasteiger partial charge is 0.387 e. The summed E-state index contributed by atoms with van der Waals surface area (Å²) < 4.78 is 39.8. The summed E-state index contributed by atoms with van der Waals surface area (Å²) in [5, 5.41) is 9.80. The van der Waals surface area contributed by atoms with Gasteiger partial charge in [-0.3, -0.25) is 18.9 Å². The molecule has 0 bridgehead atoms. The Morgan fingerprint density at radius 1 is 1.43 bits per heavy atom. The number of hydrogen-bond acceptors (Lipinski definition) is 9. The highest BCUT2D eigenvalue weighted by atomic mass is 31.2. The first kappa shape index (κ1) is 17.7. The molecular weight excluding hydrogens is 338 g/mol. The molecule has 1 saturated heterocycles. The lowest BCUT2D eigenvalue weighted by atomic mass is 10.1. The molecular formula is C10H14FN4O7P. The fraction of sp³-hybridized carbons (Fsp3) is 0.400. The number of nitrogens with one attached hydrogen (secondary N) is 1. The minimum Gasteiger partial charge on any atom is -0.387 e. The van der Waals surface area contributed by atoms with Crippen LogP contribution in [0.3, 0.4) is 0 Å². The number of ether oxygens (including phenoxy) is 1. The number of hydrogen-bond donors (Lipinski definition) is 4. The highest BCUT2D eigenvalue weighted by Crippen LogP contribution is 2.46. The highest BCUT2D eigenvalue weighted by Gasteiger charge is 2.44. The Morgan fingerprint density at radius 2 is 2.09 bits per heavy atom. The maximum atomic E-state index is 14.1. The zero-order chi connectivity index (χ0) is 17.2. The van der Waals surface area contributed by atoms with Crippen LogP contribution in [0.5, 0.6) is 0 Å². The molecule has 1 aliphatic rings. The van der Waals surface area contributed by atoms with Crippen molar-refractivity contribution in [2.75, 3.05) is 0 Å². The Hall–Kier alpha value is -1.66. The van der Waals surface area contributed by atoms with E-state index in [0.717, 1.165) is 28.7 Å². The van der Waals surface area contributed by atoms with E-state index in [1.54, 1.807) is 0 Å². The zero-order valence-electron chi connectivity index (χ0n) is 11.4. The van der Waals surface area contributed by atoms with Gasteiger partial charge in [-0.1, -0.05) is 0 Å². The van der Waals surface area contributed by atoms with Gasteiger partial charge in [0.05, 0.1) is 0 Å². The van der Waals surface area contributed by atoms with Crippen molar-refractivity contribution in [1.29, 1.82) is 0 Å². The van der Waals surface area contributed by atoms with E-state index in [0.29, 0.717) is 0 Å². The van der Waals surface area contributed by atoms with Crippen molar-refractivity contribution in [3.63, 3.8) is 0 Å². The Labute approximate surface area is 127 Å². The molecule has 0 aliphatic carbocycles. The lowest BCUT2D eigenvalue weighted by Gasteiger charge is -2.15. The number of aliphatic hydroxyl groups excluding tert-OH is 1. The number of aromatic amines is 1. The molecule has 0 aromatic carbocycles. The van der Waals surface area contributed by atoms with Crippen LogP contribution in [-0.4, -0.2) is 33.0 Å². The molecule has 1 fully saturated rings. The molecule has 23 heavy (non-hydrogen) atoms. The van der Waals surface area contributed by atoms with Gasteiger partial charge in [0.1, 0.15) is 12.2 Å². The lowest BCUT2D eigenvalue weighted by Crippen LogP contribution is -2.35. The van der Waals surface area contributed by atoms with Gasteiger partial charge in [-0.25, -0.2) is 30.2 Å². The van der Waals surface area contributed by atoms with Gasteiger partial charge in [-0.2, -0.15) is 0 Å². The molecule has 128 valence electrons. The van der Waals surface area contributed by atoms with Gasteiger partial charge in [0.2, 0.25) is 0 Å². The molecule has 0 saturated carbocycles. The topological polar surface area (TPSA) is 172 Å². The smallest absolute Gasteiger partial charge is 0.386 e. The first-order chi connectivity index (χ1) is 10.8. The van der Waals surface area contributed by atoms with E-state index in [2.05, 4.69) is 9.25 Å². The summed E-state index contributed by atoms with van der Waals surface area (Å²) in [5.41, 5.74) is -1.58. The average Bonchev–Trinajstić information content (AvgIpc) is 2.81. The van der Waals surface area contributed by atoms with E-state index in [-0.39, 0.29) is 0 Å². The molecule has 1 aromatic heterocycles. The maximum Gasteiger partial charge on any atom is 0.386 e. The average molecular weight is 352 g/mol. The third-order valence-electron chi connectivity index (χ3n) is 3.11. The molecule has 0 unspecified atom stereocenters. The van der Waals surface area contributed by atoms with Crippen LogP contribution < -0.4 is 23.0 Å². The normalized spacial score (nSPS) is 28.5. The number of halogens is 1. The van der Waals surface area contributed by atoms with E-state index in [1.807, 2.05) is 4.98 Å². The third-order valence-corrected chi connectivity index (χ3v) is 4.23. The summed E-state index contributed by atoms with van der Waals surface area (Å²) in [7, 11) is -3.94. The van der Waals surface area contributed by atoms with Crippen LogP contribution in [-0.2, 0) is 18.6 Å². The van der Waals surface area contributed by atoms with Crippen LogP contribution in [0.4, 0.5) is 4.39 Å². The highest BCUT2D eigenvalue weighted by molar-refractivity contribution is 7.57. The van der Waals surface area contributed by atoms with Crippen molar-refractivity contribution in [3.8, 4) is 0 Å². The van der Waals surface area contributed by atoms with Crippen molar-refractivity contribution in [2.24, 2.45) is 11.8 Å². The van der Waals surface area contributed by atoms with Gasteiger partial charge < -0.3 is 9.84 Å². The van der Waals surface area contributed by atoms with Gasteiger partial charge in [0.15, 0.2) is 12.4 Å². The van der Waals surface area contributed by atoms with E-state index < -0.39 is 43.5 Å². The third kappa shape index (κ3) is 3.64. The van der Waals surface area contributed by atoms with Gasteiger partial charge in [-0.15, -0.1) is 0 Å². The molecule has 0 spiro atoms. The molecule has 6 N–H and O–H groups in total. The fourth-order valence-corrected chi connectivity index (χ4v) is 2.53. The molecule has 11 nitrogen and oxygen atoms in total. The predicted molar refractivity (Wildman–Crippen MR) is 73.4 cm³/mol. The molecule has 2 rings (SSSR count). The second-order valence-electron chi connectivity index (χ2n) is 4.54. The minimum atomic E-state index is -3.94. The van der Waals surface area contributed by atoms with Crippen molar-refractivity contribution >= 4 is 7.60 Å². The van der Waals surface area contributed by atoms with E-state index in [1.165, 1.54) is 0 Å². The monoisotopic (exact) mass is 352 g/mol. The van der Waals surface area contributed by atoms with Gasteiger partial charge in [0.25, 0.3) is 5.56 Å². The SMILES string of the molecule is NOP(=O)(/C=C/[C@H]1O[C@@H](n2ccc(=O)[nH]c2=O)[C@H](F)[C@@H]1O)ON. The second kappa shape index (κ2) is 6.84. The van der Waals surface area contributed by atoms with Crippen LogP contribution in [0.25, 0.3) is 0 Å². The first-order valence-electron chi connectivity index (χ1n) is 6.16. The summed E-state index contributed by atoms with van der Waals surface area (Å²) in [6.07, 6.45) is -4.46. The quantitative estimate of drug-likeness (QED) is 0.368. The van der Waals surface area contributed by atoms with E-state index in [9.17, 15) is 23.7 Å². The minimum absolute atomic E-state index is 0.669. The molecule has 1 aromatic rings. The number of nitrogens with zero attached hydrogens (tertiary/aromatic N) is 1. The summed E-state index contributed by atoms with van der Waals surface area (Å²) in [6, 6.07) is 0.992. The number of aliphatic hydroxyl groups is 1. The summed E-state index contributed by atoms with van der Waals surface area (Å²) in [6.45, 7) is 0. The predicted octanol–water partition coefficient (Wildman–Crippen LogP) is -1.38. The Kier molecular flexibility index (Phi) is 5.26. The zero-order valence-corrected chi connectivity index (χ0v) is 12.3. The van der Waals surface area contributed by atoms with Crippen LogP contribution in [0.2, 0.25) is 0 Å². The Morgan fingerprint density at radius 3 is 2.65 bits per heavy atom. The molecule has 4 atom stereocenters. The van der Waals surface area contributed by atoms with Gasteiger partial charge in [0, 0.05) is 18.1 Å². The van der Waals surface area contributed by atoms with Crippen molar-refractivity contribution < 1.29 is 28.0 Å². The van der Waals surface area contributed by atoms with Crippen molar-refractivity contribution in [2.45, 2.75) is 24.6 Å². The molecule has 0 amide bonds. The summed E-state index contributed by atoms with van der Waals surface area (Å²) in [4.78, 5) is 24.6. The second-order valence-corrected chi connectivity index (χ2v) is 6.34. The maximum absolute atomic E-state index is 14.1. The van der Waals surface area contributed by atoms with Crippen LogP contribution in [0.1, 0.15) is 6.23 Å². The van der Waals surface area contributed by atoms with Gasteiger partial charge in [-0.05, 0) is 6.08 Å². The van der Waals surface area contributed by atoms with Crippen molar-refractivity contribution in [3.05, 3.63) is 45.0 Å². The summed E-state index contributed by atoms with van der Waals surface area (Å²) >= 11 is 0. The molecule has 1 aliphatic heterocycles. The number of H-pyrrole nitrogens is 1. The van der Waals surface area contributed by atoms with Crippen LogP contribution in [0.15, 0.2) is 33.7 Å². The summed E-state index contributed by atoms with van der Waals surface area (Å²) in [5.74, 6) is 10.3. The lowest BCUT2D eigenvalue weighted by molar-refractivity contribution is -0.00701. The number of alkyl halides is 1. The molecule has 0 radical (unpaired) electrons.